The van der Waals surface area contributed by atoms with Gasteiger partial charge in [0.2, 0.25) is 0 Å². The molecule has 3 atom stereocenters. The van der Waals surface area contributed by atoms with Crippen LogP contribution >= 0.6 is 11.3 Å². The summed E-state index contributed by atoms with van der Waals surface area (Å²) in [5.74, 6) is 0.971. The van der Waals surface area contributed by atoms with Crippen LogP contribution in [0, 0.1) is 25.7 Å². The highest BCUT2D eigenvalue weighted by Gasteiger charge is 2.30. The van der Waals surface area contributed by atoms with Crippen LogP contribution < -0.4 is 4.74 Å². The molecule has 1 aliphatic carbocycles. The third kappa shape index (κ3) is 7.18. The van der Waals surface area contributed by atoms with Gasteiger partial charge in [0.15, 0.2) is 0 Å². The Kier molecular flexibility index (Phi) is 9.43. The summed E-state index contributed by atoms with van der Waals surface area (Å²) >= 11 is 1.69. The molecule has 1 N–H and O–H groups in total. The zero-order valence-corrected chi connectivity index (χ0v) is 25.3. The van der Waals surface area contributed by atoms with E-state index in [1.165, 1.54) is 6.42 Å². The Hall–Kier alpha value is -3.19. The van der Waals surface area contributed by atoms with Gasteiger partial charge in [-0.05, 0) is 107 Å². The normalized spacial score (nSPS) is 19.7. The number of thiazole rings is 1. The number of ether oxygens (including phenoxy) is 1. The maximum absolute atomic E-state index is 12.9. The standard InChI is InChI=1S/C34H42N2O4S/c1-22-7-14-31(40-20-28-13-12-26(18-24(28)3)33(37)36-15-5-4-6-16-36)29(17-22)30-21-41-32(35-30)23(2)8-9-25-10-11-27(19-25)34(38)39/h7,12-14,17-18,21,23,25,27H,4-6,8-11,15-16,19-20H2,1-3H3,(H,38,39)/t23?,25?,27-/m1/s1. The van der Waals surface area contributed by atoms with E-state index in [0.29, 0.717) is 18.4 Å². The van der Waals surface area contributed by atoms with E-state index in [1.54, 1.807) is 11.3 Å². The number of benzene rings is 2. The van der Waals surface area contributed by atoms with Crippen LogP contribution in [0.3, 0.4) is 0 Å². The molecule has 1 saturated carbocycles. The first-order valence-electron chi connectivity index (χ1n) is 15.1. The minimum absolute atomic E-state index is 0.127. The molecule has 5 rings (SSSR count). The monoisotopic (exact) mass is 574 g/mol. The zero-order chi connectivity index (χ0) is 28.9. The molecule has 2 fully saturated rings. The fourth-order valence-corrected chi connectivity index (χ4v) is 7.12. The Morgan fingerprint density at radius 3 is 2.63 bits per heavy atom. The molecule has 6 nitrogen and oxygen atoms in total. The van der Waals surface area contributed by atoms with E-state index in [-0.39, 0.29) is 11.8 Å². The number of aliphatic carboxylic acids is 1. The van der Waals surface area contributed by atoms with Gasteiger partial charge in [0.05, 0.1) is 16.6 Å². The van der Waals surface area contributed by atoms with Crippen molar-refractivity contribution in [3.8, 4) is 17.0 Å². The molecular weight excluding hydrogens is 532 g/mol. The number of likely N-dealkylation sites (tertiary alicyclic amines) is 1. The lowest BCUT2D eigenvalue weighted by molar-refractivity contribution is -0.141. The number of carbonyl (C=O) groups excluding carboxylic acids is 1. The topological polar surface area (TPSA) is 79.7 Å². The third-order valence-corrected chi connectivity index (χ3v) is 9.95. The molecule has 7 heteroatoms. The predicted molar refractivity (Wildman–Crippen MR) is 164 cm³/mol. The number of carboxylic acid groups (broad SMARTS) is 1. The summed E-state index contributed by atoms with van der Waals surface area (Å²) in [6.45, 7) is 8.47. The average molecular weight is 575 g/mol. The van der Waals surface area contributed by atoms with Gasteiger partial charge in [0, 0.05) is 35.5 Å². The molecule has 2 aliphatic rings. The first-order chi connectivity index (χ1) is 19.8. The number of amides is 1. The van der Waals surface area contributed by atoms with Crippen molar-refractivity contribution < 1.29 is 19.4 Å². The van der Waals surface area contributed by atoms with E-state index < -0.39 is 5.97 Å². The fourth-order valence-electron chi connectivity index (χ4n) is 6.20. The van der Waals surface area contributed by atoms with Crippen molar-refractivity contribution in [2.24, 2.45) is 11.8 Å². The van der Waals surface area contributed by atoms with E-state index in [1.807, 2.05) is 36.1 Å². The molecule has 1 amide bonds. The molecular formula is C34H42N2O4S. The molecule has 3 aromatic rings. The third-order valence-electron chi connectivity index (χ3n) is 8.87. The summed E-state index contributed by atoms with van der Waals surface area (Å²) < 4.78 is 6.37. The van der Waals surface area contributed by atoms with Crippen LogP contribution in [-0.2, 0) is 11.4 Å². The largest absolute Gasteiger partial charge is 0.488 e. The molecule has 1 saturated heterocycles. The molecule has 2 aromatic carbocycles. The lowest BCUT2D eigenvalue weighted by Gasteiger charge is -2.27. The summed E-state index contributed by atoms with van der Waals surface area (Å²) in [7, 11) is 0. The van der Waals surface area contributed by atoms with Crippen LogP contribution in [0.5, 0.6) is 5.75 Å². The maximum atomic E-state index is 12.9. The number of nitrogens with zero attached hydrogens (tertiary/aromatic N) is 2. The first kappa shape index (κ1) is 29.3. The van der Waals surface area contributed by atoms with E-state index in [2.05, 4.69) is 31.4 Å². The van der Waals surface area contributed by atoms with Crippen molar-refractivity contribution in [2.75, 3.05) is 13.1 Å². The van der Waals surface area contributed by atoms with E-state index in [4.69, 9.17) is 9.72 Å². The van der Waals surface area contributed by atoms with Gasteiger partial charge in [0.1, 0.15) is 12.4 Å². The Morgan fingerprint density at radius 2 is 1.90 bits per heavy atom. The number of piperidine rings is 1. The molecule has 2 heterocycles. The molecule has 218 valence electrons. The molecule has 0 radical (unpaired) electrons. The van der Waals surface area contributed by atoms with Crippen molar-refractivity contribution in [1.82, 2.24) is 9.88 Å². The number of hydrogen-bond acceptors (Lipinski definition) is 5. The van der Waals surface area contributed by atoms with Crippen molar-refractivity contribution in [1.29, 1.82) is 0 Å². The van der Waals surface area contributed by atoms with Gasteiger partial charge in [-0.15, -0.1) is 11.3 Å². The van der Waals surface area contributed by atoms with Gasteiger partial charge in [-0.3, -0.25) is 9.59 Å². The van der Waals surface area contributed by atoms with E-state index in [9.17, 15) is 14.7 Å². The predicted octanol–water partition coefficient (Wildman–Crippen LogP) is 8.02. The molecule has 41 heavy (non-hydrogen) atoms. The number of aryl methyl sites for hydroxylation is 2. The van der Waals surface area contributed by atoms with Crippen molar-refractivity contribution in [3.63, 3.8) is 0 Å². The molecule has 0 spiro atoms. The number of hydrogen-bond donors (Lipinski definition) is 1. The second kappa shape index (κ2) is 13.2. The Bertz CT molecular complexity index is 1380. The molecule has 0 bridgehead atoms. The number of aromatic nitrogens is 1. The second-order valence-electron chi connectivity index (χ2n) is 12.0. The quantitative estimate of drug-likeness (QED) is 0.265. The lowest BCUT2D eigenvalue weighted by atomic mass is 9.95. The van der Waals surface area contributed by atoms with Crippen LogP contribution in [0.2, 0.25) is 0 Å². The summed E-state index contributed by atoms with van der Waals surface area (Å²) in [5, 5.41) is 12.5. The highest BCUT2D eigenvalue weighted by Crippen LogP contribution is 2.38. The number of carboxylic acids is 1. The molecule has 1 aromatic heterocycles. The molecule has 2 unspecified atom stereocenters. The van der Waals surface area contributed by atoms with Crippen molar-refractivity contribution >= 4 is 23.2 Å². The summed E-state index contributed by atoms with van der Waals surface area (Å²) in [5.41, 5.74) is 5.96. The highest BCUT2D eigenvalue weighted by atomic mass is 32.1. The van der Waals surface area contributed by atoms with Crippen LogP contribution in [-0.4, -0.2) is 40.0 Å². The average Bonchev–Trinajstić information content (AvgIpc) is 3.67. The second-order valence-corrected chi connectivity index (χ2v) is 12.9. The van der Waals surface area contributed by atoms with Crippen LogP contribution in [0.15, 0.2) is 41.8 Å². The van der Waals surface area contributed by atoms with Gasteiger partial charge in [0.25, 0.3) is 5.91 Å². The van der Waals surface area contributed by atoms with E-state index >= 15 is 0 Å². The highest BCUT2D eigenvalue weighted by molar-refractivity contribution is 7.10. The van der Waals surface area contributed by atoms with E-state index in [0.717, 1.165) is 102 Å². The SMILES string of the molecule is Cc1ccc(OCc2ccc(C(=O)N3CCCCC3)cc2C)c(-c2csc(C(C)CCC3CC[C@@H](C(=O)O)C3)n2)c1. The lowest BCUT2D eigenvalue weighted by Crippen LogP contribution is -2.35. The maximum Gasteiger partial charge on any atom is 0.306 e. The van der Waals surface area contributed by atoms with Gasteiger partial charge in [-0.1, -0.05) is 24.6 Å². The minimum Gasteiger partial charge on any atom is -0.488 e. The zero-order valence-electron chi connectivity index (χ0n) is 24.5. The van der Waals surface area contributed by atoms with Gasteiger partial charge in [-0.2, -0.15) is 0 Å². The Labute approximate surface area is 247 Å². The van der Waals surface area contributed by atoms with Crippen LogP contribution in [0.25, 0.3) is 11.3 Å². The first-order valence-corrected chi connectivity index (χ1v) is 16.0. The minimum atomic E-state index is -0.642. The molecule has 1 aliphatic heterocycles. The van der Waals surface area contributed by atoms with Crippen LogP contribution in [0.4, 0.5) is 0 Å². The fraction of sp³-hybridized carbons (Fsp3) is 0.500. The summed E-state index contributed by atoms with van der Waals surface area (Å²) in [6.07, 6.45) is 8.11. The number of carbonyl (C=O) groups is 2. The van der Waals surface area contributed by atoms with Crippen molar-refractivity contribution in [2.45, 2.75) is 84.7 Å². The van der Waals surface area contributed by atoms with Gasteiger partial charge < -0.3 is 14.7 Å². The summed E-state index contributed by atoms with van der Waals surface area (Å²) in [4.78, 5) is 31.2. The Morgan fingerprint density at radius 1 is 1.10 bits per heavy atom. The van der Waals surface area contributed by atoms with Gasteiger partial charge in [-0.25, -0.2) is 4.98 Å². The number of rotatable bonds is 10. The van der Waals surface area contributed by atoms with Crippen molar-refractivity contribution in [3.05, 3.63) is 69.0 Å². The Balaban J connectivity index is 1.23. The van der Waals surface area contributed by atoms with Crippen LogP contribution in [0.1, 0.15) is 96.3 Å². The summed E-state index contributed by atoms with van der Waals surface area (Å²) in [6, 6.07) is 12.2. The van der Waals surface area contributed by atoms with Gasteiger partial charge >= 0.3 is 5.97 Å². The smallest absolute Gasteiger partial charge is 0.306 e.